The lowest BCUT2D eigenvalue weighted by atomic mass is 10.5. The number of nitrogens with one attached hydrogen (secondary N) is 1. The summed E-state index contributed by atoms with van der Waals surface area (Å²) in [6.07, 6.45) is 0.610. The van der Waals surface area contributed by atoms with Crippen LogP contribution in [0.2, 0.25) is 0 Å². The van der Waals surface area contributed by atoms with Gasteiger partial charge >= 0.3 is 0 Å². The van der Waals surface area contributed by atoms with Gasteiger partial charge in [-0.15, -0.1) is 0 Å². The first-order chi connectivity index (χ1) is 4.63. The van der Waals surface area contributed by atoms with Crippen molar-refractivity contribution in [1.29, 1.82) is 5.41 Å². The van der Waals surface area contributed by atoms with Gasteiger partial charge in [-0.05, 0) is 0 Å². The van der Waals surface area contributed by atoms with Crippen molar-refractivity contribution in [1.82, 2.24) is 4.90 Å². The lowest BCUT2D eigenvalue weighted by Gasteiger charge is -2.14. The maximum absolute atomic E-state index is 12.5. The second-order valence-corrected chi connectivity index (χ2v) is 1.90. The van der Waals surface area contributed by atoms with Crippen molar-refractivity contribution in [3.63, 3.8) is 0 Å². The summed E-state index contributed by atoms with van der Waals surface area (Å²) in [7, 11) is 4.64. The van der Waals surface area contributed by atoms with Crippen molar-refractivity contribution in [2.24, 2.45) is 0 Å². The van der Waals surface area contributed by atoms with Crippen molar-refractivity contribution in [3.8, 4) is 0 Å². The number of hydrogen-bond donors (Lipinski definition) is 1. The molecule has 0 atom stereocenters. The van der Waals surface area contributed by atoms with Gasteiger partial charge in [-0.3, -0.25) is 0 Å². The summed E-state index contributed by atoms with van der Waals surface area (Å²) in [4.78, 5) is 1.46. The number of methoxy groups -OCH3 is 1. The van der Waals surface area contributed by atoms with Gasteiger partial charge in [-0.1, -0.05) is 0 Å². The molecule has 0 aliphatic heterocycles. The highest BCUT2D eigenvalue weighted by Crippen LogP contribution is 2.06. The maximum atomic E-state index is 12.5. The van der Waals surface area contributed by atoms with Gasteiger partial charge in [0.1, 0.15) is 0 Å². The van der Waals surface area contributed by atoms with E-state index >= 15 is 0 Å². The van der Waals surface area contributed by atoms with E-state index in [9.17, 15) is 4.39 Å². The van der Waals surface area contributed by atoms with Gasteiger partial charge < -0.3 is 15.0 Å². The van der Waals surface area contributed by atoms with E-state index in [2.05, 4.69) is 4.74 Å². The summed E-state index contributed by atoms with van der Waals surface area (Å²) < 4.78 is 17.2. The zero-order valence-corrected chi connectivity index (χ0v) is 6.31. The van der Waals surface area contributed by atoms with Crippen molar-refractivity contribution < 1.29 is 9.13 Å². The van der Waals surface area contributed by atoms with Crippen LogP contribution in [0.1, 0.15) is 0 Å². The Morgan fingerprint density at radius 1 is 1.60 bits per heavy atom. The van der Waals surface area contributed by atoms with Crippen LogP contribution in [0.4, 0.5) is 4.39 Å². The summed E-state index contributed by atoms with van der Waals surface area (Å²) in [5.74, 6) is -0.609. The van der Waals surface area contributed by atoms with Crippen molar-refractivity contribution >= 4 is 6.21 Å². The molecule has 0 aliphatic rings. The Kier molecular flexibility index (Phi) is 3.46. The van der Waals surface area contributed by atoms with Gasteiger partial charge in [0.2, 0.25) is 5.88 Å². The minimum atomic E-state index is -0.674. The minimum absolute atomic E-state index is 0.0648. The summed E-state index contributed by atoms with van der Waals surface area (Å²) in [5, 5.41) is 6.57. The molecule has 0 aromatic carbocycles. The van der Waals surface area contributed by atoms with Gasteiger partial charge in [-0.2, -0.15) is 4.39 Å². The third-order valence-electron chi connectivity index (χ3n) is 0.931. The lowest BCUT2D eigenvalue weighted by Crippen LogP contribution is -2.14. The molecule has 0 unspecified atom stereocenters. The Hall–Kier alpha value is -1.06. The molecule has 0 aliphatic carbocycles. The fourth-order valence-electron chi connectivity index (χ4n) is 0.555. The Balaban J connectivity index is 4.45. The number of nitrogens with zero attached hydrogens (tertiary/aromatic N) is 1. The number of ether oxygens (including phenoxy) is 1. The van der Waals surface area contributed by atoms with Crippen LogP contribution in [0.15, 0.2) is 11.7 Å². The molecule has 4 heteroatoms. The molecular formula is C6H11FN2O. The van der Waals surface area contributed by atoms with Crippen LogP contribution in [-0.4, -0.2) is 32.3 Å². The number of rotatable bonds is 3. The zero-order valence-electron chi connectivity index (χ0n) is 6.31. The fourth-order valence-corrected chi connectivity index (χ4v) is 0.555. The van der Waals surface area contributed by atoms with E-state index < -0.39 is 5.83 Å². The highest BCUT2D eigenvalue weighted by Gasteiger charge is 2.05. The normalized spacial score (nSPS) is 12.0. The molecule has 0 saturated carbocycles. The van der Waals surface area contributed by atoms with Crippen LogP contribution >= 0.6 is 0 Å². The average Bonchev–Trinajstić information content (AvgIpc) is 1.88. The third kappa shape index (κ3) is 2.05. The standard InChI is InChI=1S/C6H11FN2O/c1-9(2)6(10-3)5(7)4-8/h4,8H,1-3H3/b6-5-,8-4?. The Morgan fingerprint density at radius 2 is 2.10 bits per heavy atom. The van der Waals surface area contributed by atoms with Crippen molar-refractivity contribution in [2.75, 3.05) is 21.2 Å². The molecule has 0 heterocycles. The van der Waals surface area contributed by atoms with Crippen LogP contribution in [0.25, 0.3) is 0 Å². The molecular weight excluding hydrogens is 135 g/mol. The van der Waals surface area contributed by atoms with Crippen molar-refractivity contribution in [3.05, 3.63) is 11.7 Å². The Labute approximate surface area is 59.6 Å². The summed E-state index contributed by atoms with van der Waals surface area (Å²) in [5.41, 5.74) is 0. The summed E-state index contributed by atoms with van der Waals surface area (Å²) in [6.45, 7) is 0. The number of allylic oxidation sites excluding steroid dienone is 1. The highest BCUT2D eigenvalue weighted by molar-refractivity contribution is 5.72. The average molecular weight is 146 g/mol. The molecule has 0 aromatic rings. The lowest BCUT2D eigenvalue weighted by molar-refractivity contribution is 0.183. The highest BCUT2D eigenvalue weighted by atomic mass is 19.1. The largest absolute Gasteiger partial charge is 0.480 e. The summed E-state index contributed by atoms with van der Waals surface area (Å²) >= 11 is 0. The molecule has 0 spiro atoms. The van der Waals surface area contributed by atoms with E-state index in [-0.39, 0.29) is 5.88 Å². The van der Waals surface area contributed by atoms with Gasteiger partial charge in [0.05, 0.1) is 13.3 Å². The first-order valence-electron chi connectivity index (χ1n) is 2.75. The fraction of sp³-hybridized carbons (Fsp3) is 0.500. The predicted molar refractivity (Wildman–Crippen MR) is 37.6 cm³/mol. The van der Waals surface area contributed by atoms with E-state index in [1.54, 1.807) is 14.1 Å². The quantitative estimate of drug-likeness (QED) is 0.476. The molecule has 0 amide bonds. The van der Waals surface area contributed by atoms with Crippen LogP contribution in [0.3, 0.4) is 0 Å². The second kappa shape index (κ2) is 3.87. The molecule has 0 aromatic heterocycles. The molecule has 0 rings (SSSR count). The number of halogens is 1. The molecule has 0 fully saturated rings. The third-order valence-corrected chi connectivity index (χ3v) is 0.931. The van der Waals surface area contributed by atoms with E-state index in [1.165, 1.54) is 12.0 Å². The maximum Gasteiger partial charge on any atom is 0.227 e. The molecule has 3 nitrogen and oxygen atoms in total. The second-order valence-electron chi connectivity index (χ2n) is 1.90. The van der Waals surface area contributed by atoms with Gasteiger partial charge in [0, 0.05) is 14.1 Å². The van der Waals surface area contributed by atoms with Gasteiger partial charge in [-0.25, -0.2) is 0 Å². The van der Waals surface area contributed by atoms with E-state index in [4.69, 9.17) is 5.41 Å². The van der Waals surface area contributed by atoms with E-state index in [1.807, 2.05) is 0 Å². The van der Waals surface area contributed by atoms with E-state index in [0.717, 1.165) is 0 Å². The van der Waals surface area contributed by atoms with Crippen LogP contribution in [-0.2, 0) is 4.74 Å². The first kappa shape index (κ1) is 8.94. The van der Waals surface area contributed by atoms with Crippen LogP contribution in [0.5, 0.6) is 0 Å². The number of hydrogen-bond acceptors (Lipinski definition) is 3. The SMILES string of the molecule is CO/C(=C(\F)C=N)N(C)C. The van der Waals surface area contributed by atoms with Crippen LogP contribution < -0.4 is 0 Å². The smallest absolute Gasteiger partial charge is 0.227 e. The molecule has 10 heavy (non-hydrogen) atoms. The minimum Gasteiger partial charge on any atom is -0.480 e. The molecule has 0 saturated heterocycles. The summed E-state index contributed by atoms with van der Waals surface area (Å²) in [6, 6.07) is 0. The van der Waals surface area contributed by atoms with Gasteiger partial charge in [0.25, 0.3) is 0 Å². The molecule has 0 bridgehead atoms. The van der Waals surface area contributed by atoms with E-state index in [0.29, 0.717) is 6.21 Å². The van der Waals surface area contributed by atoms with Crippen LogP contribution in [0, 0.1) is 5.41 Å². The predicted octanol–water partition coefficient (Wildman–Crippen LogP) is 0.983. The molecule has 1 N–H and O–H groups in total. The Morgan fingerprint density at radius 3 is 2.20 bits per heavy atom. The topological polar surface area (TPSA) is 36.3 Å². The Bertz CT molecular complexity index is 154. The molecule has 0 radical (unpaired) electrons. The van der Waals surface area contributed by atoms with Crippen molar-refractivity contribution in [2.45, 2.75) is 0 Å². The monoisotopic (exact) mass is 146 g/mol. The van der Waals surface area contributed by atoms with Gasteiger partial charge in [0.15, 0.2) is 5.83 Å². The first-order valence-corrected chi connectivity index (χ1v) is 2.75. The molecule has 58 valence electrons. The zero-order chi connectivity index (χ0) is 8.15.